The molecule has 0 bridgehead atoms. The van der Waals surface area contributed by atoms with Crippen LogP contribution in [0, 0.1) is 19.3 Å². The van der Waals surface area contributed by atoms with Crippen molar-refractivity contribution in [3.63, 3.8) is 0 Å². The maximum Gasteiger partial charge on any atom is 0.323 e. The average molecular weight is 304 g/mol. The molecule has 2 rings (SSSR count). The maximum absolute atomic E-state index is 12.0. The van der Waals surface area contributed by atoms with Crippen molar-refractivity contribution >= 4 is 11.7 Å². The fraction of sp³-hybridized carbons (Fsp3) is 0.562. The second kappa shape index (κ2) is 6.04. The number of ether oxygens (including phenoxy) is 1. The number of aryl methyl sites for hydroxylation is 2. The van der Waals surface area contributed by atoms with E-state index in [4.69, 9.17) is 4.74 Å². The number of hydrogen-bond donors (Lipinski definition) is 1. The van der Waals surface area contributed by atoms with E-state index in [0.29, 0.717) is 12.3 Å². The summed E-state index contributed by atoms with van der Waals surface area (Å²) in [6.45, 7) is 10.5. The van der Waals surface area contributed by atoms with Gasteiger partial charge in [0.2, 0.25) is 5.78 Å². The SMILES string of the molecule is COC(=O)[C@@H](NCc1cnc2nc(C)cc(C)n12)C(C)(C)C. The Morgan fingerprint density at radius 1 is 1.41 bits per heavy atom. The van der Waals surface area contributed by atoms with Crippen LogP contribution in [0.1, 0.15) is 37.9 Å². The lowest BCUT2D eigenvalue weighted by atomic mass is 9.86. The number of hydrogen-bond acceptors (Lipinski definition) is 5. The molecule has 0 aliphatic heterocycles. The minimum atomic E-state index is -0.387. The van der Waals surface area contributed by atoms with E-state index in [-0.39, 0.29) is 17.4 Å². The van der Waals surface area contributed by atoms with Gasteiger partial charge in [-0.25, -0.2) is 9.97 Å². The lowest BCUT2D eigenvalue weighted by Gasteiger charge is -2.29. The van der Waals surface area contributed by atoms with Crippen LogP contribution in [0.25, 0.3) is 5.78 Å². The van der Waals surface area contributed by atoms with Gasteiger partial charge in [0.25, 0.3) is 0 Å². The first-order valence-corrected chi connectivity index (χ1v) is 7.36. The van der Waals surface area contributed by atoms with Gasteiger partial charge in [0.05, 0.1) is 19.0 Å². The topological polar surface area (TPSA) is 68.5 Å². The molecule has 0 aliphatic rings. The molecular formula is C16H24N4O2. The first-order chi connectivity index (χ1) is 10.2. The molecule has 0 unspecified atom stereocenters. The highest BCUT2D eigenvalue weighted by molar-refractivity contribution is 5.76. The van der Waals surface area contributed by atoms with Crippen molar-refractivity contribution in [2.24, 2.45) is 5.41 Å². The summed E-state index contributed by atoms with van der Waals surface area (Å²) in [5, 5.41) is 3.28. The number of methoxy groups -OCH3 is 1. The summed E-state index contributed by atoms with van der Waals surface area (Å²) in [6.07, 6.45) is 1.79. The van der Waals surface area contributed by atoms with Crippen molar-refractivity contribution in [3.05, 3.63) is 29.3 Å². The fourth-order valence-electron chi connectivity index (χ4n) is 2.59. The van der Waals surface area contributed by atoms with E-state index in [9.17, 15) is 4.79 Å². The second-order valence-electron chi connectivity index (χ2n) is 6.63. The van der Waals surface area contributed by atoms with Gasteiger partial charge < -0.3 is 4.74 Å². The number of carbonyl (C=O) groups is 1. The summed E-state index contributed by atoms with van der Waals surface area (Å²) < 4.78 is 6.90. The van der Waals surface area contributed by atoms with E-state index >= 15 is 0 Å². The van der Waals surface area contributed by atoms with Crippen molar-refractivity contribution in [1.82, 2.24) is 19.7 Å². The van der Waals surface area contributed by atoms with Crippen LogP contribution in [0.2, 0.25) is 0 Å². The Morgan fingerprint density at radius 2 is 2.09 bits per heavy atom. The van der Waals surface area contributed by atoms with E-state index in [0.717, 1.165) is 17.1 Å². The summed E-state index contributed by atoms with van der Waals surface area (Å²) in [4.78, 5) is 20.7. The summed E-state index contributed by atoms with van der Waals surface area (Å²) in [5.74, 6) is 0.423. The van der Waals surface area contributed by atoms with Crippen LogP contribution in [-0.4, -0.2) is 33.5 Å². The summed E-state index contributed by atoms with van der Waals surface area (Å²) in [7, 11) is 1.41. The number of rotatable bonds is 4. The Balaban J connectivity index is 2.26. The molecule has 2 heterocycles. The van der Waals surface area contributed by atoms with E-state index in [1.807, 2.05) is 45.1 Å². The zero-order valence-corrected chi connectivity index (χ0v) is 14.1. The Morgan fingerprint density at radius 3 is 2.68 bits per heavy atom. The van der Waals surface area contributed by atoms with Crippen molar-refractivity contribution in [1.29, 1.82) is 0 Å². The van der Waals surface area contributed by atoms with Crippen LogP contribution in [-0.2, 0) is 16.1 Å². The largest absolute Gasteiger partial charge is 0.468 e. The van der Waals surface area contributed by atoms with E-state index in [1.54, 1.807) is 6.20 Å². The Bertz CT molecular complexity index is 685. The molecule has 1 N–H and O–H groups in total. The molecule has 6 nitrogen and oxygen atoms in total. The molecule has 2 aromatic rings. The second-order valence-corrected chi connectivity index (χ2v) is 6.63. The van der Waals surface area contributed by atoms with E-state index < -0.39 is 0 Å². The molecule has 0 aromatic carbocycles. The summed E-state index contributed by atoms with van der Waals surface area (Å²) in [6, 6.07) is 1.63. The van der Waals surface area contributed by atoms with Crippen LogP contribution in [0.15, 0.2) is 12.3 Å². The molecule has 0 aliphatic carbocycles. The van der Waals surface area contributed by atoms with Crippen LogP contribution in [0.3, 0.4) is 0 Å². The van der Waals surface area contributed by atoms with Gasteiger partial charge in [0.1, 0.15) is 6.04 Å². The van der Waals surface area contributed by atoms with E-state index in [2.05, 4.69) is 15.3 Å². The third-order valence-electron chi connectivity index (χ3n) is 3.65. The Labute approximate surface area is 130 Å². The molecule has 0 saturated heterocycles. The molecule has 120 valence electrons. The zero-order valence-electron chi connectivity index (χ0n) is 14.1. The molecule has 0 saturated carbocycles. The molecule has 6 heteroatoms. The number of carbonyl (C=O) groups excluding carboxylic acids is 1. The van der Waals surface area contributed by atoms with Gasteiger partial charge in [-0.05, 0) is 25.3 Å². The number of nitrogens with one attached hydrogen (secondary N) is 1. The first kappa shape index (κ1) is 16.4. The highest BCUT2D eigenvalue weighted by Crippen LogP contribution is 2.21. The van der Waals surface area contributed by atoms with Gasteiger partial charge in [0.15, 0.2) is 0 Å². The predicted molar refractivity (Wildman–Crippen MR) is 84.6 cm³/mol. The predicted octanol–water partition coefficient (Wildman–Crippen LogP) is 2.02. The number of nitrogens with zero attached hydrogens (tertiary/aromatic N) is 3. The minimum Gasteiger partial charge on any atom is -0.468 e. The lowest BCUT2D eigenvalue weighted by Crippen LogP contribution is -2.46. The average Bonchev–Trinajstić information content (AvgIpc) is 2.80. The third-order valence-corrected chi connectivity index (χ3v) is 3.65. The van der Waals surface area contributed by atoms with Crippen LogP contribution >= 0.6 is 0 Å². The molecular weight excluding hydrogens is 280 g/mol. The smallest absolute Gasteiger partial charge is 0.323 e. The Hall–Kier alpha value is -1.95. The molecule has 0 radical (unpaired) electrons. The molecule has 0 fully saturated rings. The molecule has 0 spiro atoms. The van der Waals surface area contributed by atoms with Crippen LogP contribution in [0.5, 0.6) is 0 Å². The number of imidazole rings is 1. The van der Waals surface area contributed by atoms with Crippen LogP contribution < -0.4 is 5.32 Å². The fourth-order valence-corrected chi connectivity index (χ4v) is 2.59. The normalized spacial score (nSPS) is 13.4. The van der Waals surface area contributed by atoms with Crippen molar-refractivity contribution in [3.8, 4) is 0 Å². The zero-order chi connectivity index (χ0) is 16.5. The molecule has 1 atom stereocenters. The first-order valence-electron chi connectivity index (χ1n) is 7.36. The van der Waals surface area contributed by atoms with Crippen molar-refractivity contribution in [2.45, 2.75) is 47.2 Å². The Kier molecular flexibility index (Phi) is 4.51. The number of fused-ring (bicyclic) bond motifs is 1. The monoisotopic (exact) mass is 304 g/mol. The standard InChI is InChI=1S/C16H24N4O2/c1-10-7-11(2)20-12(9-18-15(20)19-10)8-17-13(14(21)22-6)16(3,4)5/h7,9,13,17H,8H2,1-6H3/t13-/m1/s1. The number of esters is 1. The quantitative estimate of drug-likeness (QED) is 0.875. The maximum atomic E-state index is 12.0. The van der Waals surface area contributed by atoms with Crippen LogP contribution in [0.4, 0.5) is 0 Å². The molecule has 2 aromatic heterocycles. The van der Waals surface area contributed by atoms with Gasteiger partial charge in [0, 0.05) is 17.9 Å². The van der Waals surface area contributed by atoms with Crippen molar-refractivity contribution in [2.75, 3.05) is 7.11 Å². The highest BCUT2D eigenvalue weighted by Gasteiger charge is 2.31. The van der Waals surface area contributed by atoms with E-state index in [1.165, 1.54) is 7.11 Å². The number of aromatic nitrogens is 3. The van der Waals surface area contributed by atoms with Crippen molar-refractivity contribution < 1.29 is 9.53 Å². The van der Waals surface area contributed by atoms with Gasteiger partial charge in [-0.1, -0.05) is 20.8 Å². The minimum absolute atomic E-state index is 0.239. The molecule has 22 heavy (non-hydrogen) atoms. The summed E-state index contributed by atoms with van der Waals surface area (Å²) >= 11 is 0. The van der Waals surface area contributed by atoms with Gasteiger partial charge in [-0.3, -0.25) is 14.5 Å². The van der Waals surface area contributed by atoms with Gasteiger partial charge in [-0.15, -0.1) is 0 Å². The summed E-state index contributed by atoms with van der Waals surface area (Å²) in [5.41, 5.74) is 2.75. The van der Waals surface area contributed by atoms with Gasteiger partial charge in [-0.2, -0.15) is 0 Å². The van der Waals surface area contributed by atoms with Gasteiger partial charge >= 0.3 is 5.97 Å². The lowest BCUT2D eigenvalue weighted by molar-refractivity contribution is -0.146. The third kappa shape index (κ3) is 3.27. The highest BCUT2D eigenvalue weighted by atomic mass is 16.5. The molecule has 0 amide bonds.